The lowest BCUT2D eigenvalue weighted by molar-refractivity contribution is 0.419. The first-order valence-electron chi connectivity index (χ1n) is 4.04. The predicted molar refractivity (Wildman–Crippen MR) is 48.1 cm³/mol. The molecule has 0 aliphatic carbocycles. The average molecular weight is 152 g/mol. The molecule has 62 valence electrons. The number of likely N-dealkylation sites (tertiary alicyclic amines) is 1. The third-order valence-electron chi connectivity index (χ3n) is 2.26. The Balaban J connectivity index is 2.41. The fourth-order valence-electron chi connectivity index (χ4n) is 1.42. The minimum atomic E-state index is 0.659. The van der Waals surface area contributed by atoms with Crippen LogP contribution in [-0.2, 0) is 0 Å². The van der Waals surface area contributed by atoms with Gasteiger partial charge in [0.25, 0.3) is 0 Å². The largest absolute Gasteiger partial charge is 0.372 e. The van der Waals surface area contributed by atoms with Crippen LogP contribution in [0.2, 0.25) is 0 Å². The highest BCUT2D eigenvalue weighted by molar-refractivity contribution is 5.11. The number of rotatable bonds is 3. The Morgan fingerprint density at radius 1 is 1.73 bits per heavy atom. The molecule has 0 bridgehead atoms. The van der Waals surface area contributed by atoms with Crippen LogP contribution in [-0.4, -0.2) is 24.5 Å². The lowest BCUT2D eigenvalue weighted by Gasteiger charge is -2.17. The molecule has 1 heterocycles. The first-order chi connectivity index (χ1) is 5.27. The van der Waals surface area contributed by atoms with E-state index in [0.29, 0.717) is 5.92 Å². The number of nitrogens with two attached hydrogens (primary N) is 1. The molecule has 1 aliphatic rings. The first kappa shape index (κ1) is 8.34. The quantitative estimate of drug-likeness (QED) is 0.610. The highest BCUT2D eigenvalue weighted by Crippen LogP contribution is 2.18. The van der Waals surface area contributed by atoms with E-state index in [1.807, 2.05) is 0 Å². The monoisotopic (exact) mass is 152 g/mol. The normalized spacial score (nSPS) is 23.7. The number of hydrogen-bond acceptors (Lipinski definition) is 2. The molecule has 11 heavy (non-hydrogen) atoms. The average Bonchev–Trinajstić information content (AvgIpc) is 2.50. The first-order valence-corrected chi connectivity index (χ1v) is 4.04. The number of nitrogens with zero attached hydrogens (tertiary/aromatic N) is 1. The lowest BCUT2D eigenvalue weighted by Crippen LogP contribution is -2.21. The summed E-state index contributed by atoms with van der Waals surface area (Å²) < 4.78 is 0. The number of hydrogen-bond donors (Lipinski definition) is 1. The molecule has 0 aromatic rings. The zero-order valence-electron chi connectivity index (χ0n) is 6.92. The summed E-state index contributed by atoms with van der Waals surface area (Å²) >= 11 is 0. The molecule has 2 nitrogen and oxygen atoms in total. The van der Waals surface area contributed by atoms with Crippen molar-refractivity contribution in [3.63, 3.8) is 0 Å². The van der Waals surface area contributed by atoms with Gasteiger partial charge in [-0.1, -0.05) is 13.2 Å². The van der Waals surface area contributed by atoms with Crippen LogP contribution in [0.1, 0.15) is 6.42 Å². The Morgan fingerprint density at radius 2 is 2.45 bits per heavy atom. The zero-order valence-corrected chi connectivity index (χ0v) is 6.92. The predicted octanol–water partition coefficient (Wildman–Crippen LogP) is 0.967. The van der Waals surface area contributed by atoms with Crippen molar-refractivity contribution in [2.45, 2.75) is 6.42 Å². The Kier molecular flexibility index (Phi) is 2.71. The topological polar surface area (TPSA) is 29.3 Å². The van der Waals surface area contributed by atoms with Gasteiger partial charge < -0.3 is 10.6 Å². The summed E-state index contributed by atoms with van der Waals surface area (Å²) in [6.45, 7) is 10.5. The Morgan fingerprint density at radius 3 is 2.91 bits per heavy atom. The van der Waals surface area contributed by atoms with E-state index in [2.05, 4.69) is 18.1 Å². The van der Waals surface area contributed by atoms with Crippen LogP contribution in [0.4, 0.5) is 0 Å². The molecular formula is C9H16N2. The van der Waals surface area contributed by atoms with Gasteiger partial charge in [0.05, 0.1) is 0 Å². The van der Waals surface area contributed by atoms with Gasteiger partial charge >= 0.3 is 0 Å². The Labute approximate surface area is 68.4 Å². The van der Waals surface area contributed by atoms with Crippen molar-refractivity contribution < 1.29 is 0 Å². The summed E-state index contributed by atoms with van der Waals surface area (Å²) in [4.78, 5) is 2.24. The van der Waals surface area contributed by atoms with Gasteiger partial charge in [0.15, 0.2) is 0 Å². The Bertz CT molecular complexity index is 163. The van der Waals surface area contributed by atoms with Gasteiger partial charge in [-0.05, 0) is 25.0 Å². The van der Waals surface area contributed by atoms with Gasteiger partial charge in [0, 0.05) is 18.8 Å². The number of allylic oxidation sites excluding steroid dienone is 1. The molecule has 1 rings (SSSR count). The lowest BCUT2D eigenvalue weighted by atomic mass is 10.1. The highest BCUT2D eigenvalue weighted by atomic mass is 15.2. The molecule has 1 aliphatic heterocycles. The SMILES string of the molecule is C=CC(=C)N1CCC(CN)C1. The van der Waals surface area contributed by atoms with E-state index in [1.165, 1.54) is 6.42 Å². The van der Waals surface area contributed by atoms with Gasteiger partial charge in [-0.25, -0.2) is 0 Å². The third-order valence-corrected chi connectivity index (χ3v) is 2.26. The molecule has 0 aromatic heterocycles. The molecule has 0 aromatic carbocycles. The summed E-state index contributed by atoms with van der Waals surface area (Å²) in [5.74, 6) is 0.659. The van der Waals surface area contributed by atoms with Crippen LogP contribution in [0.15, 0.2) is 24.9 Å². The zero-order chi connectivity index (χ0) is 8.27. The van der Waals surface area contributed by atoms with E-state index in [1.54, 1.807) is 6.08 Å². The van der Waals surface area contributed by atoms with E-state index in [9.17, 15) is 0 Å². The van der Waals surface area contributed by atoms with Gasteiger partial charge in [-0.2, -0.15) is 0 Å². The van der Waals surface area contributed by atoms with E-state index < -0.39 is 0 Å². The van der Waals surface area contributed by atoms with E-state index in [0.717, 1.165) is 25.3 Å². The summed E-state index contributed by atoms with van der Waals surface area (Å²) in [7, 11) is 0. The van der Waals surface area contributed by atoms with Crippen molar-refractivity contribution >= 4 is 0 Å². The van der Waals surface area contributed by atoms with E-state index >= 15 is 0 Å². The maximum atomic E-state index is 5.56. The van der Waals surface area contributed by atoms with Crippen molar-refractivity contribution in [2.75, 3.05) is 19.6 Å². The molecule has 1 fully saturated rings. The minimum Gasteiger partial charge on any atom is -0.372 e. The summed E-state index contributed by atoms with van der Waals surface area (Å²) in [5.41, 5.74) is 6.58. The molecule has 1 saturated heterocycles. The van der Waals surface area contributed by atoms with Crippen molar-refractivity contribution in [2.24, 2.45) is 11.7 Å². The molecule has 1 atom stereocenters. The molecule has 2 heteroatoms. The van der Waals surface area contributed by atoms with Gasteiger partial charge in [0.1, 0.15) is 0 Å². The van der Waals surface area contributed by atoms with Crippen molar-refractivity contribution in [1.82, 2.24) is 4.90 Å². The van der Waals surface area contributed by atoms with Crippen LogP contribution in [0.25, 0.3) is 0 Å². The fraction of sp³-hybridized carbons (Fsp3) is 0.556. The second kappa shape index (κ2) is 3.58. The summed E-state index contributed by atoms with van der Waals surface area (Å²) in [6, 6.07) is 0. The van der Waals surface area contributed by atoms with Gasteiger partial charge in [-0.3, -0.25) is 0 Å². The molecule has 0 spiro atoms. The maximum absolute atomic E-state index is 5.56. The smallest absolute Gasteiger partial charge is 0.0287 e. The molecule has 2 N–H and O–H groups in total. The van der Waals surface area contributed by atoms with Crippen LogP contribution in [0.5, 0.6) is 0 Å². The fourth-order valence-corrected chi connectivity index (χ4v) is 1.42. The van der Waals surface area contributed by atoms with Crippen molar-refractivity contribution in [3.8, 4) is 0 Å². The molecule has 0 radical (unpaired) electrons. The Hall–Kier alpha value is -0.760. The second-order valence-corrected chi connectivity index (χ2v) is 3.03. The van der Waals surface area contributed by atoms with Gasteiger partial charge in [-0.15, -0.1) is 0 Å². The van der Waals surface area contributed by atoms with Crippen LogP contribution < -0.4 is 5.73 Å². The van der Waals surface area contributed by atoms with Crippen LogP contribution >= 0.6 is 0 Å². The molecule has 1 unspecified atom stereocenters. The second-order valence-electron chi connectivity index (χ2n) is 3.03. The maximum Gasteiger partial charge on any atom is 0.0287 e. The van der Waals surface area contributed by atoms with E-state index in [4.69, 9.17) is 5.73 Å². The van der Waals surface area contributed by atoms with Gasteiger partial charge in [0.2, 0.25) is 0 Å². The minimum absolute atomic E-state index is 0.659. The standard InChI is InChI=1S/C9H16N2/c1-3-8(2)11-5-4-9(6-10)7-11/h3,9H,1-2,4-7,10H2. The van der Waals surface area contributed by atoms with E-state index in [-0.39, 0.29) is 0 Å². The van der Waals surface area contributed by atoms with Crippen molar-refractivity contribution in [3.05, 3.63) is 24.9 Å². The molecule has 0 amide bonds. The highest BCUT2D eigenvalue weighted by Gasteiger charge is 2.20. The van der Waals surface area contributed by atoms with Crippen molar-refractivity contribution in [1.29, 1.82) is 0 Å². The summed E-state index contributed by atoms with van der Waals surface area (Å²) in [6.07, 6.45) is 3.00. The van der Waals surface area contributed by atoms with Crippen LogP contribution in [0.3, 0.4) is 0 Å². The molecular weight excluding hydrogens is 136 g/mol. The third kappa shape index (κ3) is 1.84. The van der Waals surface area contributed by atoms with Crippen LogP contribution in [0, 0.1) is 5.92 Å². The molecule has 0 saturated carbocycles. The summed E-state index contributed by atoms with van der Waals surface area (Å²) in [5, 5.41) is 0.